The Morgan fingerprint density at radius 1 is 1.06 bits per heavy atom. The van der Waals surface area contributed by atoms with E-state index >= 15 is 0 Å². The van der Waals surface area contributed by atoms with Crippen LogP contribution in [0.4, 0.5) is 0 Å². The second-order valence-electron chi connectivity index (χ2n) is 3.36. The molecule has 0 unspecified atom stereocenters. The van der Waals surface area contributed by atoms with Gasteiger partial charge in [-0.25, -0.2) is 0 Å². The van der Waals surface area contributed by atoms with Crippen molar-refractivity contribution in [3.8, 4) is 5.75 Å². The molecule has 0 heterocycles. The number of benzene rings is 1. The number of methoxy groups -OCH3 is 1. The third-order valence-corrected chi connectivity index (χ3v) is 2.01. The first-order valence-electron chi connectivity index (χ1n) is 4.96. The van der Waals surface area contributed by atoms with E-state index in [0.717, 1.165) is 5.56 Å². The smallest absolute Gasteiger partial charge is 0.311 e. The summed E-state index contributed by atoms with van der Waals surface area (Å²) in [7, 11) is 1.29. The molecule has 0 radical (unpaired) electrons. The minimum Gasteiger partial charge on any atom is -0.469 e. The van der Waals surface area contributed by atoms with Gasteiger partial charge in [0.2, 0.25) is 0 Å². The highest BCUT2D eigenvalue weighted by Gasteiger charge is 2.08. The van der Waals surface area contributed by atoms with Crippen LogP contribution >= 0.6 is 0 Å². The predicted octanol–water partition coefficient (Wildman–Crippen LogP) is 1.85. The molecule has 0 saturated carbocycles. The zero-order valence-electron chi connectivity index (χ0n) is 9.36. The van der Waals surface area contributed by atoms with E-state index in [1.807, 2.05) is 19.1 Å². The van der Waals surface area contributed by atoms with E-state index in [9.17, 15) is 9.59 Å². The Balaban J connectivity index is 2.40. The van der Waals surface area contributed by atoms with E-state index in [-0.39, 0.29) is 12.8 Å². The van der Waals surface area contributed by atoms with Gasteiger partial charge in [0.1, 0.15) is 5.75 Å². The summed E-state index contributed by atoms with van der Waals surface area (Å²) < 4.78 is 9.44. The molecule has 0 atom stereocenters. The highest BCUT2D eigenvalue weighted by molar-refractivity contribution is 5.78. The van der Waals surface area contributed by atoms with Gasteiger partial charge in [-0.15, -0.1) is 0 Å². The minimum absolute atomic E-state index is 0.0283. The summed E-state index contributed by atoms with van der Waals surface area (Å²) in [6.45, 7) is 1.95. The third-order valence-electron chi connectivity index (χ3n) is 2.01. The van der Waals surface area contributed by atoms with Crippen LogP contribution in [-0.2, 0) is 14.3 Å². The Morgan fingerprint density at radius 2 is 1.62 bits per heavy atom. The molecule has 0 bridgehead atoms. The van der Waals surface area contributed by atoms with Crippen LogP contribution in [-0.4, -0.2) is 19.0 Å². The van der Waals surface area contributed by atoms with Crippen molar-refractivity contribution in [2.75, 3.05) is 7.11 Å². The molecule has 0 aliphatic rings. The lowest BCUT2D eigenvalue weighted by Gasteiger charge is -2.03. The van der Waals surface area contributed by atoms with Crippen molar-refractivity contribution in [3.05, 3.63) is 29.8 Å². The van der Waals surface area contributed by atoms with Crippen LogP contribution in [0.15, 0.2) is 24.3 Å². The first-order chi connectivity index (χ1) is 7.61. The highest BCUT2D eigenvalue weighted by Crippen LogP contribution is 2.12. The van der Waals surface area contributed by atoms with Crippen molar-refractivity contribution in [2.45, 2.75) is 19.8 Å². The largest absolute Gasteiger partial charge is 0.469 e. The molecule has 0 aliphatic heterocycles. The van der Waals surface area contributed by atoms with Gasteiger partial charge in [-0.3, -0.25) is 9.59 Å². The van der Waals surface area contributed by atoms with Crippen LogP contribution in [0, 0.1) is 6.92 Å². The fourth-order valence-electron chi connectivity index (χ4n) is 1.09. The lowest BCUT2D eigenvalue weighted by molar-refractivity contribution is -0.144. The average Bonchev–Trinajstić information content (AvgIpc) is 2.29. The van der Waals surface area contributed by atoms with E-state index in [1.54, 1.807) is 12.1 Å². The van der Waals surface area contributed by atoms with Crippen molar-refractivity contribution in [1.29, 1.82) is 0 Å². The number of hydrogen-bond donors (Lipinski definition) is 0. The van der Waals surface area contributed by atoms with Crippen LogP contribution in [0.25, 0.3) is 0 Å². The quantitative estimate of drug-likeness (QED) is 0.576. The molecular weight excluding hydrogens is 208 g/mol. The van der Waals surface area contributed by atoms with Gasteiger partial charge in [-0.05, 0) is 19.1 Å². The molecule has 1 aromatic carbocycles. The van der Waals surface area contributed by atoms with E-state index in [1.165, 1.54) is 7.11 Å². The van der Waals surface area contributed by atoms with Crippen molar-refractivity contribution in [2.24, 2.45) is 0 Å². The van der Waals surface area contributed by atoms with Gasteiger partial charge in [0, 0.05) is 0 Å². The first-order valence-corrected chi connectivity index (χ1v) is 4.96. The molecule has 0 N–H and O–H groups in total. The van der Waals surface area contributed by atoms with Gasteiger partial charge in [-0.1, -0.05) is 17.7 Å². The molecule has 0 amide bonds. The Bertz CT molecular complexity index is 367. The molecule has 0 saturated heterocycles. The number of rotatable bonds is 4. The van der Waals surface area contributed by atoms with Crippen LogP contribution in [0.3, 0.4) is 0 Å². The average molecular weight is 222 g/mol. The SMILES string of the molecule is COC(=O)CCC(=O)Oc1ccc(C)cc1. The summed E-state index contributed by atoms with van der Waals surface area (Å²) in [5.74, 6) is -0.365. The van der Waals surface area contributed by atoms with Gasteiger partial charge in [0.25, 0.3) is 0 Å². The zero-order valence-corrected chi connectivity index (χ0v) is 9.36. The summed E-state index contributed by atoms with van der Waals surface area (Å²) in [4.78, 5) is 22.1. The van der Waals surface area contributed by atoms with Crippen LogP contribution in [0.1, 0.15) is 18.4 Å². The second-order valence-corrected chi connectivity index (χ2v) is 3.36. The van der Waals surface area contributed by atoms with E-state index in [4.69, 9.17) is 4.74 Å². The maximum Gasteiger partial charge on any atom is 0.311 e. The van der Waals surface area contributed by atoms with Crippen LogP contribution in [0.5, 0.6) is 5.75 Å². The Labute approximate surface area is 94.2 Å². The standard InChI is InChI=1S/C12H14O4/c1-9-3-5-10(6-4-9)16-12(14)8-7-11(13)15-2/h3-6H,7-8H2,1-2H3. The molecule has 16 heavy (non-hydrogen) atoms. The molecule has 0 fully saturated rings. The van der Waals surface area contributed by atoms with Gasteiger partial charge < -0.3 is 9.47 Å². The van der Waals surface area contributed by atoms with Crippen LogP contribution < -0.4 is 4.74 Å². The molecule has 1 aromatic rings. The topological polar surface area (TPSA) is 52.6 Å². The number of aryl methyl sites for hydroxylation is 1. The monoisotopic (exact) mass is 222 g/mol. The lowest BCUT2D eigenvalue weighted by atomic mass is 10.2. The van der Waals surface area contributed by atoms with Gasteiger partial charge in [0.15, 0.2) is 0 Å². The molecular formula is C12H14O4. The molecule has 0 aromatic heterocycles. The van der Waals surface area contributed by atoms with Gasteiger partial charge in [-0.2, -0.15) is 0 Å². The first kappa shape index (κ1) is 12.2. The maximum atomic E-state index is 11.3. The Morgan fingerprint density at radius 3 is 2.19 bits per heavy atom. The predicted molar refractivity (Wildman–Crippen MR) is 58.1 cm³/mol. The molecule has 0 spiro atoms. The van der Waals surface area contributed by atoms with Crippen molar-refractivity contribution in [3.63, 3.8) is 0 Å². The summed E-state index contributed by atoms with van der Waals surface area (Å²) in [6, 6.07) is 7.13. The maximum absolute atomic E-state index is 11.3. The van der Waals surface area contributed by atoms with Gasteiger partial charge in [0.05, 0.1) is 20.0 Å². The highest BCUT2D eigenvalue weighted by atomic mass is 16.5. The molecule has 86 valence electrons. The third kappa shape index (κ3) is 4.13. The van der Waals surface area contributed by atoms with Crippen molar-refractivity contribution in [1.82, 2.24) is 0 Å². The second kappa shape index (κ2) is 5.90. The number of ether oxygens (including phenoxy) is 2. The van der Waals surface area contributed by atoms with E-state index in [0.29, 0.717) is 5.75 Å². The summed E-state index contributed by atoms with van der Waals surface area (Å²) in [5, 5.41) is 0. The fraction of sp³-hybridized carbons (Fsp3) is 0.333. The lowest BCUT2D eigenvalue weighted by Crippen LogP contribution is -2.11. The molecule has 0 aliphatic carbocycles. The molecule has 4 heteroatoms. The summed E-state index contributed by atoms with van der Waals surface area (Å²) in [6.07, 6.45) is 0.0712. The summed E-state index contributed by atoms with van der Waals surface area (Å²) >= 11 is 0. The number of esters is 2. The number of hydrogen-bond acceptors (Lipinski definition) is 4. The van der Waals surface area contributed by atoms with Crippen molar-refractivity contribution < 1.29 is 19.1 Å². The summed E-state index contributed by atoms with van der Waals surface area (Å²) in [5.41, 5.74) is 1.09. The van der Waals surface area contributed by atoms with E-state index < -0.39 is 11.9 Å². The Kier molecular flexibility index (Phi) is 4.51. The van der Waals surface area contributed by atoms with Gasteiger partial charge >= 0.3 is 11.9 Å². The molecule has 4 nitrogen and oxygen atoms in total. The Hall–Kier alpha value is -1.84. The number of carbonyl (C=O) groups excluding carboxylic acids is 2. The number of carbonyl (C=O) groups is 2. The zero-order chi connectivity index (χ0) is 12.0. The van der Waals surface area contributed by atoms with Crippen LogP contribution in [0.2, 0.25) is 0 Å². The fourth-order valence-corrected chi connectivity index (χ4v) is 1.09. The van der Waals surface area contributed by atoms with E-state index in [2.05, 4.69) is 4.74 Å². The van der Waals surface area contributed by atoms with Crippen molar-refractivity contribution >= 4 is 11.9 Å². The normalized spacial score (nSPS) is 9.62. The minimum atomic E-state index is -0.436. The molecule has 1 rings (SSSR count).